The summed E-state index contributed by atoms with van der Waals surface area (Å²) < 4.78 is 38.8. The van der Waals surface area contributed by atoms with Crippen LogP contribution in [0.15, 0.2) is 18.2 Å². The molecule has 1 aromatic heterocycles. The van der Waals surface area contributed by atoms with Crippen LogP contribution in [0.3, 0.4) is 0 Å². The van der Waals surface area contributed by atoms with Crippen LogP contribution in [0.4, 0.5) is 19.1 Å². The van der Waals surface area contributed by atoms with Crippen LogP contribution in [0, 0.1) is 5.92 Å². The molecule has 0 amide bonds. The molecule has 2 aliphatic rings. The van der Waals surface area contributed by atoms with Crippen LogP contribution in [-0.2, 0) is 25.9 Å². The molecular weight excluding hydrogens is 335 g/mol. The summed E-state index contributed by atoms with van der Waals surface area (Å²) in [6.45, 7) is 0.873. The Labute approximate surface area is 141 Å². The maximum Gasteiger partial charge on any atom is 0.392 e. The summed E-state index contributed by atoms with van der Waals surface area (Å²) in [5, 5.41) is 9.30. The number of carboxylic acids is 1. The van der Waals surface area contributed by atoms with Crippen molar-refractivity contribution in [2.24, 2.45) is 5.92 Å². The van der Waals surface area contributed by atoms with Gasteiger partial charge in [-0.15, -0.1) is 0 Å². The van der Waals surface area contributed by atoms with Crippen LogP contribution in [0.1, 0.15) is 39.3 Å². The van der Waals surface area contributed by atoms with Crippen molar-refractivity contribution in [1.29, 1.82) is 0 Å². The molecule has 4 rings (SSSR count). The van der Waals surface area contributed by atoms with Gasteiger partial charge >= 0.3 is 12.1 Å². The van der Waals surface area contributed by atoms with Gasteiger partial charge in [0, 0.05) is 25.2 Å². The molecule has 8 heteroatoms. The standard InChI is InChI=1S/C17H16F3N3O2/c18-17(19,20)10-4-5-13-14(6-10)22-16(21-13)23-7-9-2-1-3-11(15(24)25)12(9)8-23/h1-3,10H,4-8H2,(H,21,22)(H,24,25)/t10-/m0/s1. The highest BCUT2D eigenvalue weighted by Crippen LogP contribution is 2.38. The number of hydrogen-bond donors (Lipinski definition) is 2. The van der Waals surface area contributed by atoms with E-state index in [1.54, 1.807) is 12.1 Å². The first-order valence-electron chi connectivity index (χ1n) is 8.06. The first-order valence-corrected chi connectivity index (χ1v) is 8.06. The van der Waals surface area contributed by atoms with Crippen molar-refractivity contribution >= 4 is 11.9 Å². The van der Waals surface area contributed by atoms with Gasteiger partial charge in [-0.05, 0) is 30.0 Å². The van der Waals surface area contributed by atoms with Gasteiger partial charge in [0.15, 0.2) is 0 Å². The van der Waals surface area contributed by atoms with Crippen LogP contribution in [0.25, 0.3) is 0 Å². The minimum Gasteiger partial charge on any atom is -0.478 e. The first-order chi connectivity index (χ1) is 11.8. The lowest BCUT2D eigenvalue weighted by Gasteiger charge is -2.23. The number of carbonyl (C=O) groups is 1. The Morgan fingerprint density at radius 2 is 2.12 bits per heavy atom. The molecule has 2 heterocycles. The molecule has 5 nitrogen and oxygen atoms in total. The summed E-state index contributed by atoms with van der Waals surface area (Å²) in [7, 11) is 0. The average molecular weight is 351 g/mol. The Kier molecular flexibility index (Phi) is 3.52. The highest BCUT2D eigenvalue weighted by Gasteiger charge is 2.42. The number of benzene rings is 1. The van der Waals surface area contributed by atoms with Crippen LogP contribution < -0.4 is 4.90 Å². The average Bonchev–Trinajstić information content (AvgIpc) is 3.16. The van der Waals surface area contributed by atoms with E-state index in [0.717, 1.165) is 11.1 Å². The van der Waals surface area contributed by atoms with Crippen molar-refractivity contribution in [2.75, 3.05) is 4.90 Å². The second-order valence-corrected chi connectivity index (χ2v) is 6.57. The molecule has 25 heavy (non-hydrogen) atoms. The second-order valence-electron chi connectivity index (χ2n) is 6.57. The Balaban J connectivity index is 1.59. The molecule has 0 saturated carbocycles. The lowest BCUT2D eigenvalue weighted by Crippen LogP contribution is -2.28. The summed E-state index contributed by atoms with van der Waals surface area (Å²) in [6.07, 6.45) is -3.91. The number of anilines is 1. The van der Waals surface area contributed by atoms with Gasteiger partial charge in [-0.25, -0.2) is 9.78 Å². The molecule has 1 aliphatic carbocycles. The zero-order chi connectivity index (χ0) is 17.8. The van der Waals surface area contributed by atoms with Gasteiger partial charge in [0.2, 0.25) is 5.95 Å². The molecule has 1 aliphatic heterocycles. The number of nitrogens with zero attached hydrogens (tertiary/aromatic N) is 2. The monoisotopic (exact) mass is 351 g/mol. The molecule has 2 aromatic rings. The first kappa shape index (κ1) is 16.0. The number of imidazole rings is 1. The largest absolute Gasteiger partial charge is 0.478 e. The van der Waals surface area contributed by atoms with E-state index in [-0.39, 0.29) is 18.4 Å². The fraction of sp³-hybridized carbons (Fsp3) is 0.412. The molecule has 132 valence electrons. The van der Waals surface area contributed by atoms with Crippen LogP contribution >= 0.6 is 0 Å². The van der Waals surface area contributed by atoms with Crippen LogP contribution in [0.2, 0.25) is 0 Å². The number of aromatic amines is 1. The zero-order valence-corrected chi connectivity index (χ0v) is 13.2. The second kappa shape index (κ2) is 5.50. The van der Waals surface area contributed by atoms with Gasteiger partial charge in [-0.3, -0.25) is 0 Å². The molecule has 0 fully saturated rings. The van der Waals surface area contributed by atoms with Crippen molar-refractivity contribution in [2.45, 2.75) is 38.5 Å². The fourth-order valence-corrected chi connectivity index (χ4v) is 3.67. The van der Waals surface area contributed by atoms with E-state index in [9.17, 15) is 23.1 Å². The van der Waals surface area contributed by atoms with E-state index in [2.05, 4.69) is 9.97 Å². The van der Waals surface area contributed by atoms with Crippen LogP contribution in [-0.4, -0.2) is 27.2 Å². The number of alkyl halides is 3. The molecule has 0 saturated heterocycles. The predicted molar refractivity (Wildman–Crippen MR) is 83.4 cm³/mol. The number of aromatic carboxylic acids is 1. The summed E-state index contributed by atoms with van der Waals surface area (Å²) in [5.41, 5.74) is 3.12. The van der Waals surface area contributed by atoms with Crippen molar-refractivity contribution in [3.05, 3.63) is 46.3 Å². The molecule has 0 bridgehead atoms. The number of aryl methyl sites for hydroxylation is 1. The summed E-state index contributed by atoms with van der Waals surface area (Å²) in [6, 6.07) is 5.13. The van der Waals surface area contributed by atoms with Crippen molar-refractivity contribution < 1.29 is 23.1 Å². The number of aromatic nitrogens is 2. The molecule has 2 N–H and O–H groups in total. The lowest BCUT2D eigenvalue weighted by atomic mass is 9.89. The van der Waals surface area contributed by atoms with E-state index in [0.29, 0.717) is 36.8 Å². The third-order valence-corrected chi connectivity index (χ3v) is 5.01. The SMILES string of the molecule is O=C(O)c1cccc2c1CN(c1nc3c([nH]1)C[C@@H](C(F)(F)F)CC3)C2. The number of fused-ring (bicyclic) bond motifs is 2. The zero-order valence-electron chi connectivity index (χ0n) is 13.2. The molecule has 0 radical (unpaired) electrons. The molecule has 0 spiro atoms. The Morgan fingerprint density at radius 3 is 2.84 bits per heavy atom. The highest BCUT2D eigenvalue weighted by atomic mass is 19.4. The quantitative estimate of drug-likeness (QED) is 0.871. The maximum absolute atomic E-state index is 12.9. The summed E-state index contributed by atoms with van der Waals surface area (Å²) in [5.74, 6) is -1.80. The third-order valence-electron chi connectivity index (χ3n) is 5.01. The summed E-state index contributed by atoms with van der Waals surface area (Å²) >= 11 is 0. The molecule has 0 unspecified atom stereocenters. The van der Waals surface area contributed by atoms with E-state index < -0.39 is 18.1 Å². The van der Waals surface area contributed by atoms with Crippen LogP contribution in [0.5, 0.6) is 0 Å². The van der Waals surface area contributed by atoms with Gasteiger partial charge in [-0.1, -0.05) is 12.1 Å². The number of nitrogens with one attached hydrogen (secondary N) is 1. The Morgan fingerprint density at radius 1 is 1.32 bits per heavy atom. The van der Waals surface area contributed by atoms with E-state index in [1.807, 2.05) is 11.0 Å². The Hall–Kier alpha value is -2.51. The van der Waals surface area contributed by atoms with E-state index in [4.69, 9.17) is 0 Å². The summed E-state index contributed by atoms with van der Waals surface area (Å²) in [4.78, 5) is 20.7. The minimum atomic E-state index is -4.19. The topological polar surface area (TPSA) is 69.2 Å². The number of hydrogen-bond acceptors (Lipinski definition) is 3. The minimum absolute atomic E-state index is 0.0597. The molecular formula is C17H16F3N3O2. The predicted octanol–water partition coefficient (Wildman–Crippen LogP) is 3.30. The molecule has 1 atom stereocenters. The van der Waals surface area contributed by atoms with Crippen molar-refractivity contribution in [1.82, 2.24) is 9.97 Å². The molecule has 1 aromatic carbocycles. The maximum atomic E-state index is 12.9. The number of carboxylic acid groups (broad SMARTS) is 1. The highest BCUT2D eigenvalue weighted by molar-refractivity contribution is 5.90. The third kappa shape index (κ3) is 2.75. The van der Waals surface area contributed by atoms with Gasteiger partial charge in [0.25, 0.3) is 0 Å². The van der Waals surface area contributed by atoms with Gasteiger partial charge in [0.05, 0.1) is 17.2 Å². The van der Waals surface area contributed by atoms with E-state index >= 15 is 0 Å². The fourth-order valence-electron chi connectivity index (χ4n) is 3.67. The lowest BCUT2D eigenvalue weighted by molar-refractivity contribution is -0.177. The Bertz CT molecular complexity index is 844. The van der Waals surface area contributed by atoms with Crippen molar-refractivity contribution in [3.8, 4) is 0 Å². The normalized spacial score (nSPS) is 19.6. The number of rotatable bonds is 2. The smallest absolute Gasteiger partial charge is 0.392 e. The van der Waals surface area contributed by atoms with Gasteiger partial charge in [0.1, 0.15) is 0 Å². The van der Waals surface area contributed by atoms with Crippen molar-refractivity contribution in [3.63, 3.8) is 0 Å². The number of H-pyrrole nitrogens is 1. The number of halogens is 3. The van der Waals surface area contributed by atoms with Gasteiger partial charge in [-0.2, -0.15) is 13.2 Å². The van der Waals surface area contributed by atoms with Gasteiger partial charge < -0.3 is 15.0 Å². The van der Waals surface area contributed by atoms with E-state index in [1.165, 1.54) is 0 Å².